The maximum atomic E-state index is 11.3. The van der Waals surface area contributed by atoms with E-state index in [1.165, 1.54) is 44.8 Å². The Labute approximate surface area is 128 Å². The van der Waals surface area contributed by atoms with Crippen molar-refractivity contribution in [3.05, 3.63) is 12.3 Å². The number of rotatable bonds is 14. The first-order chi connectivity index (χ1) is 10.2. The van der Waals surface area contributed by atoms with Crippen molar-refractivity contribution in [1.29, 1.82) is 0 Å². The standard InChI is InChI=1S/C17H30O4/c1-2-3-4-5-6-7-8-9-12-15-21-17(20)14-11-10-13-16(18)19/h12,15H,2-11,13-14H2,1H3,(H,18,19). The van der Waals surface area contributed by atoms with E-state index in [1.54, 1.807) is 0 Å². The van der Waals surface area contributed by atoms with Crippen LogP contribution in [0.25, 0.3) is 0 Å². The predicted octanol–water partition coefficient (Wildman–Crippen LogP) is 4.83. The van der Waals surface area contributed by atoms with Gasteiger partial charge in [-0.25, -0.2) is 0 Å². The zero-order valence-electron chi connectivity index (χ0n) is 13.3. The largest absolute Gasteiger partial charge is 0.481 e. The van der Waals surface area contributed by atoms with Crippen LogP contribution in [0.3, 0.4) is 0 Å². The van der Waals surface area contributed by atoms with E-state index in [0.717, 1.165) is 12.8 Å². The van der Waals surface area contributed by atoms with Gasteiger partial charge in [-0.05, 0) is 31.8 Å². The van der Waals surface area contributed by atoms with Crippen LogP contribution in [0.1, 0.15) is 84.0 Å². The molecule has 0 spiro atoms. The van der Waals surface area contributed by atoms with Gasteiger partial charge < -0.3 is 9.84 Å². The molecular weight excluding hydrogens is 268 g/mol. The number of unbranched alkanes of at least 4 members (excludes halogenated alkanes) is 8. The molecule has 1 N–H and O–H groups in total. The number of esters is 1. The van der Waals surface area contributed by atoms with Gasteiger partial charge in [0.2, 0.25) is 0 Å². The number of carboxylic acid groups (broad SMARTS) is 1. The Kier molecular flexibility index (Phi) is 14.1. The first-order valence-corrected chi connectivity index (χ1v) is 8.23. The Morgan fingerprint density at radius 1 is 0.905 bits per heavy atom. The molecule has 0 aromatic heterocycles. The molecule has 0 atom stereocenters. The summed E-state index contributed by atoms with van der Waals surface area (Å²) in [5.41, 5.74) is 0. The summed E-state index contributed by atoms with van der Waals surface area (Å²) in [6.07, 6.45) is 14.7. The Balaban J connectivity index is 3.30. The molecule has 0 heterocycles. The first kappa shape index (κ1) is 19.7. The molecule has 0 amide bonds. The number of allylic oxidation sites excluding steroid dienone is 1. The van der Waals surface area contributed by atoms with Crippen molar-refractivity contribution < 1.29 is 19.4 Å². The summed E-state index contributed by atoms with van der Waals surface area (Å²) < 4.78 is 4.94. The maximum absolute atomic E-state index is 11.3. The van der Waals surface area contributed by atoms with Gasteiger partial charge in [-0.2, -0.15) is 0 Å². The molecule has 0 saturated heterocycles. The third kappa shape index (κ3) is 16.6. The first-order valence-electron chi connectivity index (χ1n) is 8.23. The van der Waals surface area contributed by atoms with E-state index in [-0.39, 0.29) is 18.8 Å². The monoisotopic (exact) mass is 298 g/mol. The molecule has 122 valence electrons. The van der Waals surface area contributed by atoms with Crippen LogP contribution in [0.4, 0.5) is 0 Å². The Morgan fingerprint density at radius 3 is 2.19 bits per heavy atom. The van der Waals surface area contributed by atoms with E-state index in [9.17, 15) is 9.59 Å². The molecule has 0 aliphatic heterocycles. The highest BCUT2D eigenvalue weighted by Crippen LogP contribution is 2.08. The van der Waals surface area contributed by atoms with Gasteiger partial charge in [-0.3, -0.25) is 9.59 Å². The smallest absolute Gasteiger partial charge is 0.310 e. The van der Waals surface area contributed by atoms with E-state index < -0.39 is 5.97 Å². The van der Waals surface area contributed by atoms with E-state index in [2.05, 4.69) is 6.92 Å². The lowest BCUT2D eigenvalue weighted by Crippen LogP contribution is -2.00. The highest BCUT2D eigenvalue weighted by Gasteiger charge is 2.02. The molecule has 4 heteroatoms. The average molecular weight is 298 g/mol. The summed E-state index contributed by atoms with van der Waals surface area (Å²) in [6.45, 7) is 2.22. The molecule has 0 unspecified atom stereocenters. The quantitative estimate of drug-likeness (QED) is 0.283. The number of ether oxygens (including phenoxy) is 1. The fourth-order valence-corrected chi connectivity index (χ4v) is 2.02. The van der Waals surface area contributed by atoms with Gasteiger partial charge in [0, 0.05) is 12.8 Å². The minimum absolute atomic E-state index is 0.112. The van der Waals surface area contributed by atoms with E-state index >= 15 is 0 Å². The number of aliphatic carboxylic acids is 1. The van der Waals surface area contributed by atoms with Crippen LogP contribution in [-0.4, -0.2) is 17.0 Å². The van der Waals surface area contributed by atoms with Crippen LogP contribution in [0.15, 0.2) is 12.3 Å². The third-order valence-corrected chi connectivity index (χ3v) is 3.29. The minimum Gasteiger partial charge on any atom is -0.481 e. The topological polar surface area (TPSA) is 63.6 Å². The minimum atomic E-state index is -0.821. The van der Waals surface area contributed by atoms with Crippen molar-refractivity contribution in [3.63, 3.8) is 0 Å². The SMILES string of the molecule is CCCCCCCCCC=COC(=O)CCCCC(=O)O. The van der Waals surface area contributed by atoms with Gasteiger partial charge in [0.05, 0.1) is 6.26 Å². The molecule has 0 radical (unpaired) electrons. The molecule has 0 aliphatic rings. The molecule has 4 nitrogen and oxygen atoms in total. The lowest BCUT2D eigenvalue weighted by molar-refractivity contribution is -0.139. The zero-order valence-corrected chi connectivity index (χ0v) is 13.3. The Bertz CT molecular complexity index is 297. The summed E-state index contributed by atoms with van der Waals surface area (Å²) in [5, 5.41) is 8.46. The third-order valence-electron chi connectivity index (χ3n) is 3.29. The van der Waals surface area contributed by atoms with Crippen molar-refractivity contribution in [1.82, 2.24) is 0 Å². The van der Waals surface area contributed by atoms with Gasteiger partial charge in [0.15, 0.2) is 0 Å². The molecule has 0 aromatic rings. The molecular formula is C17H30O4. The van der Waals surface area contributed by atoms with Crippen LogP contribution in [0.2, 0.25) is 0 Å². The van der Waals surface area contributed by atoms with Gasteiger partial charge in [0.1, 0.15) is 0 Å². The summed E-state index contributed by atoms with van der Waals surface area (Å²) >= 11 is 0. The lowest BCUT2D eigenvalue weighted by Gasteiger charge is -2.00. The van der Waals surface area contributed by atoms with Gasteiger partial charge >= 0.3 is 11.9 Å². The number of carboxylic acids is 1. The van der Waals surface area contributed by atoms with E-state index in [4.69, 9.17) is 9.84 Å². The summed E-state index contributed by atoms with van der Waals surface area (Å²) in [4.78, 5) is 21.6. The van der Waals surface area contributed by atoms with Crippen molar-refractivity contribution >= 4 is 11.9 Å². The number of hydrogen-bond donors (Lipinski definition) is 1. The van der Waals surface area contributed by atoms with Crippen LogP contribution in [0, 0.1) is 0 Å². The summed E-state index contributed by atoms with van der Waals surface area (Å²) in [6, 6.07) is 0. The normalized spacial score (nSPS) is 10.9. The van der Waals surface area contributed by atoms with Crippen LogP contribution >= 0.6 is 0 Å². The van der Waals surface area contributed by atoms with E-state index in [0.29, 0.717) is 12.8 Å². The number of hydrogen-bond acceptors (Lipinski definition) is 3. The van der Waals surface area contributed by atoms with Gasteiger partial charge in [-0.1, -0.05) is 45.4 Å². The highest BCUT2D eigenvalue weighted by molar-refractivity contribution is 5.70. The van der Waals surface area contributed by atoms with Crippen molar-refractivity contribution in [2.75, 3.05) is 0 Å². The Morgan fingerprint density at radius 2 is 1.52 bits per heavy atom. The summed E-state index contributed by atoms with van der Waals surface area (Å²) in [5.74, 6) is -1.10. The molecule has 0 aliphatic carbocycles. The second-order valence-electron chi connectivity index (χ2n) is 5.37. The molecule has 0 aromatic carbocycles. The number of carbonyl (C=O) groups is 2. The molecule has 0 rings (SSSR count). The van der Waals surface area contributed by atoms with Crippen molar-refractivity contribution in [2.45, 2.75) is 84.0 Å². The molecule has 0 saturated carbocycles. The number of carbonyl (C=O) groups excluding carboxylic acids is 1. The second kappa shape index (κ2) is 15.1. The zero-order chi connectivity index (χ0) is 15.8. The molecule has 0 fully saturated rings. The van der Waals surface area contributed by atoms with Gasteiger partial charge in [0.25, 0.3) is 0 Å². The van der Waals surface area contributed by atoms with Crippen molar-refractivity contribution in [2.24, 2.45) is 0 Å². The van der Waals surface area contributed by atoms with Crippen molar-refractivity contribution in [3.8, 4) is 0 Å². The highest BCUT2D eigenvalue weighted by atomic mass is 16.5. The summed E-state index contributed by atoms with van der Waals surface area (Å²) in [7, 11) is 0. The van der Waals surface area contributed by atoms with Crippen LogP contribution in [-0.2, 0) is 14.3 Å². The van der Waals surface area contributed by atoms with Crippen LogP contribution in [0.5, 0.6) is 0 Å². The Hall–Kier alpha value is -1.32. The fraction of sp³-hybridized carbons (Fsp3) is 0.765. The molecule has 21 heavy (non-hydrogen) atoms. The van der Waals surface area contributed by atoms with Gasteiger partial charge in [-0.15, -0.1) is 0 Å². The van der Waals surface area contributed by atoms with Crippen LogP contribution < -0.4 is 0 Å². The molecule has 0 bridgehead atoms. The predicted molar refractivity (Wildman–Crippen MR) is 83.9 cm³/mol. The van der Waals surface area contributed by atoms with E-state index in [1.807, 2.05) is 6.08 Å². The second-order valence-corrected chi connectivity index (χ2v) is 5.37. The maximum Gasteiger partial charge on any atom is 0.310 e. The lowest BCUT2D eigenvalue weighted by atomic mass is 10.1. The fourth-order valence-electron chi connectivity index (χ4n) is 2.02. The average Bonchev–Trinajstić information content (AvgIpc) is 2.45.